The molecule has 0 aliphatic carbocycles. The van der Waals surface area contributed by atoms with Crippen LogP contribution >= 0.6 is 0 Å². The summed E-state index contributed by atoms with van der Waals surface area (Å²) in [6, 6.07) is 5.47. The Kier molecular flexibility index (Phi) is 3.13. The summed E-state index contributed by atoms with van der Waals surface area (Å²) in [5.41, 5.74) is 3.00. The van der Waals surface area contributed by atoms with Gasteiger partial charge in [0.2, 0.25) is 11.8 Å². The molecule has 0 bridgehead atoms. The molecule has 2 amide bonds. The molecular formula is C13H16N2O2. The molecule has 1 unspecified atom stereocenters. The van der Waals surface area contributed by atoms with E-state index in [0.717, 1.165) is 16.8 Å². The maximum Gasteiger partial charge on any atom is 0.246 e. The number of rotatable bonds is 2. The van der Waals surface area contributed by atoms with Gasteiger partial charge in [-0.3, -0.25) is 9.59 Å². The van der Waals surface area contributed by atoms with E-state index in [2.05, 4.69) is 10.6 Å². The van der Waals surface area contributed by atoms with Crippen molar-refractivity contribution in [1.82, 2.24) is 5.32 Å². The van der Waals surface area contributed by atoms with E-state index >= 15 is 0 Å². The highest BCUT2D eigenvalue weighted by molar-refractivity contribution is 5.99. The van der Waals surface area contributed by atoms with Crippen LogP contribution in [0.5, 0.6) is 0 Å². The van der Waals surface area contributed by atoms with E-state index in [0.29, 0.717) is 12.8 Å². The lowest BCUT2D eigenvalue weighted by Gasteiger charge is -2.13. The first-order chi connectivity index (χ1) is 8.06. The molecule has 1 aromatic carbocycles. The third-order valence-corrected chi connectivity index (χ3v) is 2.95. The van der Waals surface area contributed by atoms with Crippen molar-refractivity contribution in [2.75, 3.05) is 5.32 Å². The van der Waals surface area contributed by atoms with Crippen LogP contribution in [0.15, 0.2) is 18.2 Å². The molecule has 17 heavy (non-hydrogen) atoms. The van der Waals surface area contributed by atoms with Crippen molar-refractivity contribution in [3.8, 4) is 0 Å². The van der Waals surface area contributed by atoms with Gasteiger partial charge < -0.3 is 10.6 Å². The second-order valence-corrected chi connectivity index (χ2v) is 4.47. The second-order valence-electron chi connectivity index (χ2n) is 4.47. The van der Waals surface area contributed by atoms with Crippen LogP contribution in [0.1, 0.15) is 24.0 Å². The molecule has 1 aliphatic heterocycles. The Hall–Kier alpha value is -1.84. The van der Waals surface area contributed by atoms with Crippen LogP contribution < -0.4 is 10.6 Å². The summed E-state index contributed by atoms with van der Waals surface area (Å²) in [4.78, 5) is 22.9. The van der Waals surface area contributed by atoms with Crippen LogP contribution in [-0.4, -0.2) is 17.9 Å². The number of hydrogen-bond acceptors (Lipinski definition) is 2. The van der Waals surface area contributed by atoms with Gasteiger partial charge in [-0.25, -0.2) is 0 Å². The highest BCUT2D eigenvalue weighted by Crippen LogP contribution is 2.17. The molecule has 1 aliphatic rings. The quantitative estimate of drug-likeness (QED) is 0.812. The van der Waals surface area contributed by atoms with Crippen LogP contribution in [0.2, 0.25) is 0 Å². The smallest absolute Gasteiger partial charge is 0.246 e. The van der Waals surface area contributed by atoms with Crippen molar-refractivity contribution < 1.29 is 9.59 Å². The van der Waals surface area contributed by atoms with Gasteiger partial charge in [-0.1, -0.05) is 17.7 Å². The number of carbonyl (C=O) groups is 2. The minimum absolute atomic E-state index is 0.0502. The van der Waals surface area contributed by atoms with Crippen LogP contribution in [0.4, 0.5) is 5.69 Å². The maximum absolute atomic E-state index is 11.9. The summed E-state index contributed by atoms with van der Waals surface area (Å²) in [7, 11) is 0. The predicted octanol–water partition coefficient (Wildman–Crippen LogP) is 1.52. The average molecular weight is 232 g/mol. The number of anilines is 1. The highest BCUT2D eigenvalue weighted by atomic mass is 16.2. The molecule has 1 atom stereocenters. The van der Waals surface area contributed by atoms with E-state index < -0.39 is 0 Å². The lowest BCUT2D eigenvalue weighted by atomic mass is 10.1. The summed E-state index contributed by atoms with van der Waals surface area (Å²) in [6.45, 7) is 3.96. The van der Waals surface area contributed by atoms with Crippen LogP contribution in [0, 0.1) is 13.8 Å². The van der Waals surface area contributed by atoms with E-state index in [9.17, 15) is 9.59 Å². The summed E-state index contributed by atoms with van der Waals surface area (Å²) < 4.78 is 0. The van der Waals surface area contributed by atoms with E-state index in [1.807, 2.05) is 32.0 Å². The van der Waals surface area contributed by atoms with Crippen molar-refractivity contribution in [2.24, 2.45) is 0 Å². The van der Waals surface area contributed by atoms with Crippen molar-refractivity contribution >= 4 is 17.5 Å². The van der Waals surface area contributed by atoms with Crippen molar-refractivity contribution in [1.29, 1.82) is 0 Å². The minimum atomic E-state index is -0.386. The van der Waals surface area contributed by atoms with E-state index in [1.54, 1.807) is 0 Å². The number of benzene rings is 1. The zero-order valence-electron chi connectivity index (χ0n) is 10.0. The normalized spacial score (nSPS) is 18.9. The summed E-state index contributed by atoms with van der Waals surface area (Å²) in [6.07, 6.45) is 1.01. The fourth-order valence-electron chi connectivity index (χ4n) is 1.98. The Bertz CT molecular complexity index is 468. The number of carbonyl (C=O) groups excluding carboxylic acids is 2. The van der Waals surface area contributed by atoms with Crippen molar-refractivity contribution in [3.05, 3.63) is 29.3 Å². The Morgan fingerprint density at radius 1 is 1.41 bits per heavy atom. The van der Waals surface area contributed by atoms with Gasteiger partial charge >= 0.3 is 0 Å². The van der Waals surface area contributed by atoms with Gasteiger partial charge in [0.25, 0.3) is 0 Å². The standard InChI is InChI=1S/C13H16N2O2/c1-8-3-4-10(9(2)7-8)15-13(17)11-5-6-12(16)14-11/h3-4,7,11H,5-6H2,1-2H3,(H,14,16)(H,15,17). The van der Waals surface area contributed by atoms with Gasteiger partial charge in [-0.15, -0.1) is 0 Å². The molecular weight excluding hydrogens is 216 g/mol. The topological polar surface area (TPSA) is 58.2 Å². The van der Waals surface area contributed by atoms with Crippen molar-refractivity contribution in [2.45, 2.75) is 32.7 Å². The summed E-state index contributed by atoms with van der Waals surface area (Å²) in [5.74, 6) is -0.186. The minimum Gasteiger partial charge on any atom is -0.344 e. The number of hydrogen-bond donors (Lipinski definition) is 2. The third kappa shape index (κ3) is 2.64. The van der Waals surface area contributed by atoms with Gasteiger partial charge in [0.1, 0.15) is 6.04 Å². The van der Waals surface area contributed by atoms with Crippen LogP contribution in [0.25, 0.3) is 0 Å². The Labute approximate surface area is 100 Å². The SMILES string of the molecule is Cc1ccc(NC(=O)C2CCC(=O)N2)c(C)c1. The van der Waals surface area contributed by atoms with E-state index in [4.69, 9.17) is 0 Å². The molecule has 1 fully saturated rings. The lowest BCUT2D eigenvalue weighted by Crippen LogP contribution is -2.37. The Balaban J connectivity index is 2.05. The van der Waals surface area contributed by atoms with E-state index in [1.165, 1.54) is 0 Å². The molecule has 0 aromatic heterocycles. The number of nitrogens with one attached hydrogen (secondary N) is 2. The van der Waals surface area contributed by atoms with Crippen LogP contribution in [-0.2, 0) is 9.59 Å². The van der Waals surface area contributed by atoms with Crippen LogP contribution in [0.3, 0.4) is 0 Å². The molecule has 4 nitrogen and oxygen atoms in total. The average Bonchev–Trinajstić information content (AvgIpc) is 2.69. The van der Waals surface area contributed by atoms with E-state index in [-0.39, 0.29) is 17.9 Å². The fraction of sp³-hybridized carbons (Fsp3) is 0.385. The summed E-state index contributed by atoms with van der Waals surface area (Å²) in [5, 5.41) is 5.50. The van der Waals surface area contributed by atoms with Gasteiger partial charge in [0.05, 0.1) is 0 Å². The fourth-order valence-corrected chi connectivity index (χ4v) is 1.98. The summed E-state index contributed by atoms with van der Waals surface area (Å²) >= 11 is 0. The van der Waals surface area contributed by atoms with Gasteiger partial charge in [-0.05, 0) is 31.9 Å². The van der Waals surface area contributed by atoms with Gasteiger partial charge in [-0.2, -0.15) is 0 Å². The van der Waals surface area contributed by atoms with Crippen molar-refractivity contribution in [3.63, 3.8) is 0 Å². The molecule has 4 heteroatoms. The largest absolute Gasteiger partial charge is 0.344 e. The monoisotopic (exact) mass is 232 g/mol. The number of aryl methyl sites for hydroxylation is 2. The molecule has 1 saturated heterocycles. The first-order valence-corrected chi connectivity index (χ1v) is 5.74. The Morgan fingerprint density at radius 2 is 2.18 bits per heavy atom. The highest BCUT2D eigenvalue weighted by Gasteiger charge is 2.27. The molecule has 90 valence electrons. The molecule has 0 saturated carbocycles. The molecule has 0 radical (unpaired) electrons. The second kappa shape index (κ2) is 4.57. The zero-order chi connectivity index (χ0) is 12.4. The molecule has 2 N–H and O–H groups in total. The molecule has 2 rings (SSSR count). The first kappa shape index (κ1) is 11.6. The number of amides is 2. The molecule has 1 heterocycles. The first-order valence-electron chi connectivity index (χ1n) is 5.74. The lowest BCUT2D eigenvalue weighted by molar-refractivity contribution is -0.122. The molecule has 1 aromatic rings. The molecule has 0 spiro atoms. The van der Waals surface area contributed by atoms with Gasteiger partial charge in [0, 0.05) is 12.1 Å². The zero-order valence-corrected chi connectivity index (χ0v) is 10.0. The maximum atomic E-state index is 11.9. The Morgan fingerprint density at radius 3 is 2.76 bits per heavy atom. The third-order valence-electron chi connectivity index (χ3n) is 2.95. The predicted molar refractivity (Wildman–Crippen MR) is 65.7 cm³/mol. The van der Waals surface area contributed by atoms with Gasteiger partial charge in [0.15, 0.2) is 0 Å².